The van der Waals surface area contributed by atoms with E-state index in [2.05, 4.69) is 20.2 Å². The molecule has 1 aliphatic carbocycles. The summed E-state index contributed by atoms with van der Waals surface area (Å²) in [4.78, 5) is 8.83. The van der Waals surface area contributed by atoms with Crippen LogP contribution in [0.4, 0.5) is 4.39 Å². The Morgan fingerprint density at radius 1 is 0.871 bits per heavy atom. The molecule has 0 unspecified atom stereocenters. The molecule has 5 rings (SSSR count). The Morgan fingerprint density at radius 2 is 1.58 bits per heavy atom. The Kier molecular flexibility index (Phi) is 5.07. The maximum Gasteiger partial charge on any atom is 0.162 e. The minimum absolute atomic E-state index is 0.190. The van der Waals surface area contributed by atoms with Crippen LogP contribution < -0.4 is 0 Å². The number of rotatable bonds is 4. The number of nitrogens with zero attached hydrogens (tertiary/aromatic N) is 6. The minimum Gasteiger partial charge on any atom is -0.393 e. The van der Waals surface area contributed by atoms with Crippen LogP contribution in [-0.4, -0.2) is 40.7 Å². The van der Waals surface area contributed by atoms with Crippen molar-refractivity contribution >= 4 is 0 Å². The summed E-state index contributed by atoms with van der Waals surface area (Å²) in [6.45, 7) is 0. The van der Waals surface area contributed by atoms with Gasteiger partial charge in [0, 0.05) is 48.5 Å². The van der Waals surface area contributed by atoms with E-state index in [4.69, 9.17) is 0 Å². The average molecular weight is 418 g/mol. The van der Waals surface area contributed by atoms with Crippen molar-refractivity contribution in [1.82, 2.24) is 29.5 Å². The molecule has 3 aromatic heterocycles. The van der Waals surface area contributed by atoms with E-state index in [0.29, 0.717) is 17.4 Å². The number of benzene rings is 1. The zero-order valence-electron chi connectivity index (χ0n) is 17.2. The van der Waals surface area contributed by atoms with Crippen LogP contribution in [0.1, 0.15) is 31.7 Å². The molecule has 1 fully saturated rings. The Bertz CT molecular complexity index is 1190. The number of aliphatic hydroxyl groups is 1. The summed E-state index contributed by atoms with van der Waals surface area (Å²) in [5.41, 5.74) is 3.86. The molecule has 158 valence electrons. The van der Waals surface area contributed by atoms with E-state index in [1.807, 2.05) is 24.1 Å². The SMILES string of the molecule is Cn1cc(-c2ccc(F)c(-c3ncc(-c4cnn([C@H]5CC[C@H](O)CC5)c4)cn3)c2)cn1. The summed E-state index contributed by atoms with van der Waals surface area (Å²) in [6, 6.07) is 5.21. The molecule has 8 heteroatoms. The molecular weight excluding hydrogens is 395 g/mol. The zero-order chi connectivity index (χ0) is 21.4. The second kappa shape index (κ2) is 8.03. The van der Waals surface area contributed by atoms with Crippen LogP contribution in [0, 0.1) is 5.82 Å². The first-order chi connectivity index (χ1) is 15.1. The highest BCUT2D eigenvalue weighted by molar-refractivity contribution is 5.70. The van der Waals surface area contributed by atoms with Gasteiger partial charge in [0.1, 0.15) is 5.82 Å². The van der Waals surface area contributed by atoms with Crippen molar-refractivity contribution < 1.29 is 9.50 Å². The van der Waals surface area contributed by atoms with Crippen molar-refractivity contribution in [2.24, 2.45) is 7.05 Å². The van der Waals surface area contributed by atoms with E-state index >= 15 is 0 Å². The standard InChI is InChI=1S/C23H23FN6O/c1-29-13-17(11-27-29)15-2-7-22(24)21(8-15)23-25-9-16(10-26-23)18-12-28-30(14-18)19-3-5-20(31)6-4-19/h2,7-14,19-20,31H,3-6H2,1H3/t19-,20-. The van der Waals surface area contributed by atoms with Crippen molar-refractivity contribution in [3.8, 4) is 33.6 Å². The highest BCUT2D eigenvalue weighted by atomic mass is 19.1. The van der Waals surface area contributed by atoms with Gasteiger partial charge < -0.3 is 5.11 Å². The van der Waals surface area contributed by atoms with Gasteiger partial charge in [0.25, 0.3) is 0 Å². The summed E-state index contributed by atoms with van der Waals surface area (Å²) in [6.07, 6.45) is 14.1. The van der Waals surface area contributed by atoms with Crippen molar-refractivity contribution in [3.63, 3.8) is 0 Å². The summed E-state index contributed by atoms with van der Waals surface area (Å²) >= 11 is 0. The Hall–Kier alpha value is -3.39. The monoisotopic (exact) mass is 418 g/mol. The fourth-order valence-corrected chi connectivity index (χ4v) is 4.07. The molecule has 0 saturated heterocycles. The van der Waals surface area contributed by atoms with Gasteiger partial charge in [0.05, 0.1) is 30.1 Å². The second-order valence-electron chi connectivity index (χ2n) is 8.06. The summed E-state index contributed by atoms with van der Waals surface area (Å²) < 4.78 is 18.2. The molecule has 0 atom stereocenters. The number of halogens is 1. The van der Waals surface area contributed by atoms with Gasteiger partial charge in [-0.1, -0.05) is 6.07 Å². The average Bonchev–Trinajstić information content (AvgIpc) is 3.44. The zero-order valence-corrected chi connectivity index (χ0v) is 17.2. The molecule has 1 saturated carbocycles. The van der Waals surface area contributed by atoms with Crippen LogP contribution in [0.2, 0.25) is 0 Å². The molecule has 0 radical (unpaired) electrons. The molecule has 31 heavy (non-hydrogen) atoms. The maximum absolute atomic E-state index is 14.5. The highest BCUT2D eigenvalue weighted by Gasteiger charge is 2.21. The van der Waals surface area contributed by atoms with Crippen molar-refractivity contribution in [2.45, 2.75) is 37.8 Å². The molecule has 0 spiro atoms. The van der Waals surface area contributed by atoms with Gasteiger partial charge in [-0.2, -0.15) is 10.2 Å². The topological polar surface area (TPSA) is 81.7 Å². The molecule has 7 nitrogen and oxygen atoms in total. The lowest BCUT2D eigenvalue weighted by Gasteiger charge is -2.25. The van der Waals surface area contributed by atoms with E-state index in [9.17, 15) is 9.50 Å². The maximum atomic E-state index is 14.5. The fourth-order valence-electron chi connectivity index (χ4n) is 4.07. The summed E-state index contributed by atoms with van der Waals surface area (Å²) in [5, 5.41) is 18.4. The van der Waals surface area contributed by atoms with Gasteiger partial charge in [-0.15, -0.1) is 0 Å². The third-order valence-electron chi connectivity index (χ3n) is 5.87. The lowest BCUT2D eigenvalue weighted by atomic mass is 9.93. The van der Waals surface area contributed by atoms with Crippen molar-refractivity contribution in [2.75, 3.05) is 0 Å². The molecule has 3 heterocycles. The lowest BCUT2D eigenvalue weighted by molar-refractivity contribution is 0.108. The van der Waals surface area contributed by atoms with Crippen LogP contribution in [0.5, 0.6) is 0 Å². The predicted molar refractivity (Wildman–Crippen MR) is 114 cm³/mol. The van der Waals surface area contributed by atoms with E-state index in [-0.39, 0.29) is 11.9 Å². The van der Waals surface area contributed by atoms with Gasteiger partial charge in [0.15, 0.2) is 5.82 Å². The Balaban J connectivity index is 1.38. The van der Waals surface area contributed by atoms with Crippen LogP contribution in [0.25, 0.3) is 33.6 Å². The molecule has 4 aromatic rings. The van der Waals surface area contributed by atoms with Crippen LogP contribution in [0.3, 0.4) is 0 Å². The Labute approximate surface area is 179 Å². The van der Waals surface area contributed by atoms with Gasteiger partial charge in [0.2, 0.25) is 0 Å². The molecule has 0 amide bonds. The van der Waals surface area contributed by atoms with Gasteiger partial charge in [-0.25, -0.2) is 14.4 Å². The van der Waals surface area contributed by atoms with Gasteiger partial charge in [-0.05, 0) is 43.4 Å². The number of hydrogen-bond donors (Lipinski definition) is 1. The molecule has 1 aliphatic rings. The largest absolute Gasteiger partial charge is 0.393 e. The molecular formula is C23H23FN6O. The van der Waals surface area contributed by atoms with E-state index < -0.39 is 0 Å². The van der Waals surface area contributed by atoms with Gasteiger partial charge >= 0.3 is 0 Å². The highest BCUT2D eigenvalue weighted by Crippen LogP contribution is 2.30. The van der Waals surface area contributed by atoms with Crippen molar-refractivity contribution in [1.29, 1.82) is 0 Å². The lowest BCUT2D eigenvalue weighted by Crippen LogP contribution is -2.21. The van der Waals surface area contributed by atoms with E-state index in [1.54, 1.807) is 41.6 Å². The molecule has 0 bridgehead atoms. The third-order valence-corrected chi connectivity index (χ3v) is 5.87. The minimum atomic E-state index is -0.368. The molecule has 1 N–H and O–H groups in total. The number of aromatic nitrogens is 6. The summed E-state index contributed by atoms with van der Waals surface area (Å²) in [5.74, 6) is -0.0339. The first kappa shape index (κ1) is 19.6. The first-order valence-corrected chi connectivity index (χ1v) is 10.4. The van der Waals surface area contributed by atoms with E-state index in [1.165, 1.54) is 6.07 Å². The predicted octanol–water partition coefficient (Wildman–Crippen LogP) is 4.02. The quantitative estimate of drug-likeness (QED) is 0.541. The smallest absolute Gasteiger partial charge is 0.162 e. The van der Waals surface area contributed by atoms with E-state index in [0.717, 1.165) is 47.9 Å². The number of aliphatic hydroxyl groups excluding tert-OH is 1. The second-order valence-corrected chi connectivity index (χ2v) is 8.06. The molecule has 0 aliphatic heterocycles. The Morgan fingerprint density at radius 3 is 2.29 bits per heavy atom. The molecule has 1 aromatic carbocycles. The van der Waals surface area contributed by atoms with Crippen LogP contribution in [0.15, 0.2) is 55.4 Å². The number of hydrogen-bond acceptors (Lipinski definition) is 5. The van der Waals surface area contributed by atoms with Gasteiger partial charge in [-0.3, -0.25) is 9.36 Å². The fraction of sp³-hybridized carbons (Fsp3) is 0.304. The first-order valence-electron chi connectivity index (χ1n) is 10.4. The van der Waals surface area contributed by atoms with Crippen LogP contribution >= 0.6 is 0 Å². The third kappa shape index (κ3) is 3.98. The van der Waals surface area contributed by atoms with Crippen LogP contribution in [-0.2, 0) is 7.05 Å². The normalized spacial score (nSPS) is 18.9. The van der Waals surface area contributed by atoms with Crippen molar-refractivity contribution in [3.05, 3.63) is 61.2 Å². The number of aryl methyl sites for hydroxylation is 1. The summed E-state index contributed by atoms with van der Waals surface area (Å²) in [7, 11) is 1.84.